The highest BCUT2D eigenvalue weighted by molar-refractivity contribution is 9.10. The first-order chi connectivity index (χ1) is 8.65. The smallest absolute Gasteiger partial charge is 0.138 e. The molecule has 18 heavy (non-hydrogen) atoms. The number of allylic oxidation sites excluding steroid dienone is 4. The van der Waals surface area contributed by atoms with Gasteiger partial charge in [-0.1, -0.05) is 78.2 Å². The van der Waals surface area contributed by atoms with Crippen LogP contribution in [-0.2, 0) is 0 Å². The minimum Gasteiger partial charge on any atom is -0.241 e. The zero-order chi connectivity index (χ0) is 13.0. The van der Waals surface area contributed by atoms with Gasteiger partial charge in [-0.2, -0.15) is 0 Å². The quantitative estimate of drug-likeness (QED) is 0.662. The Labute approximate surface area is 117 Å². The molecule has 2 rings (SSSR count). The Morgan fingerprint density at radius 2 is 2.00 bits per heavy atom. The van der Waals surface area contributed by atoms with Crippen molar-refractivity contribution >= 4 is 21.5 Å². The average molecular weight is 309 g/mol. The van der Waals surface area contributed by atoms with E-state index in [0.29, 0.717) is 0 Å². The summed E-state index contributed by atoms with van der Waals surface area (Å²) in [6, 6.07) is 9.94. The standard InChI is InChI=1S/C16H18BrF/c1-2-3-10-16(17)11-9-14(12-15(16)18)13-7-5-4-6-8-13/h4-9,11-12,15H,2-3,10H2,1H3. The number of unbranched alkanes of at least 4 members (excludes halogenated alkanes) is 1. The second kappa shape index (κ2) is 5.83. The van der Waals surface area contributed by atoms with Gasteiger partial charge in [-0.15, -0.1) is 0 Å². The molecular weight excluding hydrogens is 291 g/mol. The molecule has 2 unspecified atom stereocenters. The van der Waals surface area contributed by atoms with E-state index in [0.717, 1.165) is 30.4 Å². The van der Waals surface area contributed by atoms with E-state index in [1.54, 1.807) is 6.08 Å². The number of rotatable bonds is 4. The van der Waals surface area contributed by atoms with Gasteiger partial charge < -0.3 is 0 Å². The summed E-state index contributed by atoms with van der Waals surface area (Å²) in [5, 5.41) is 0. The van der Waals surface area contributed by atoms with Crippen molar-refractivity contribution in [1.29, 1.82) is 0 Å². The van der Waals surface area contributed by atoms with Crippen molar-refractivity contribution in [2.24, 2.45) is 0 Å². The van der Waals surface area contributed by atoms with Gasteiger partial charge in [-0.05, 0) is 23.6 Å². The van der Waals surface area contributed by atoms with Crippen molar-refractivity contribution in [2.45, 2.75) is 36.7 Å². The number of benzene rings is 1. The van der Waals surface area contributed by atoms with Gasteiger partial charge in [0.15, 0.2) is 0 Å². The minimum absolute atomic E-state index is 0.513. The van der Waals surface area contributed by atoms with E-state index in [-0.39, 0.29) is 0 Å². The predicted molar refractivity (Wildman–Crippen MR) is 79.6 cm³/mol. The maximum atomic E-state index is 14.3. The summed E-state index contributed by atoms with van der Waals surface area (Å²) < 4.78 is 13.8. The Balaban J connectivity index is 2.17. The fourth-order valence-electron chi connectivity index (χ4n) is 2.16. The second-order valence-electron chi connectivity index (χ2n) is 4.75. The lowest BCUT2D eigenvalue weighted by Gasteiger charge is -2.29. The molecule has 0 aliphatic heterocycles. The molecule has 1 aliphatic rings. The first kappa shape index (κ1) is 13.5. The lowest BCUT2D eigenvalue weighted by atomic mass is 9.88. The highest BCUT2D eigenvalue weighted by Crippen LogP contribution is 2.38. The van der Waals surface area contributed by atoms with E-state index >= 15 is 0 Å². The molecule has 0 nitrogen and oxygen atoms in total. The van der Waals surface area contributed by atoms with Crippen molar-refractivity contribution in [1.82, 2.24) is 0 Å². The molecule has 0 bridgehead atoms. The summed E-state index contributed by atoms with van der Waals surface area (Å²) >= 11 is 3.56. The van der Waals surface area contributed by atoms with E-state index in [2.05, 4.69) is 22.9 Å². The van der Waals surface area contributed by atoms with Gasteiger partial charge in [0.1, 0.15) is 6.17 Å². The zero-order valence-electron chi connectivity index (χ0n) is 10.6. The van der Waals surface area contributed by atoms with E-state index < -0.39 is 10.5 Å². The first-order valence-electron chi connectivity index (χ1n) is 6.45. The maximum absolute atomic E-state index is 14.3. The topological polar surface area (TPSA) is 0 Å². The molecule has 0 fully saturated rings. The SMILES string of the molecule is CCCCC1(Br)C=CC(c2ccccc2)=CC1F. The molecule has 2 heteroatoms. The molecule has 1 aromatic carbocycles. The Morgan fingerprint density at radius 3 is 2.61 bits per heavy atom. The van der Waals surface area contributed by atoms with Gasteiger partial charge in [-0.3, -0.25) is 0 Å². The van der Waals surface area contributed by atoms with Crippen molar-refractivity contribution in [3.8, 4) is 0 Å². The van der Waals surface area contributed by atoms with E-state index in [4.69, 9.17) is 0 Å². The third kappa shape index (κ3) is 2.92. The molecule has 1 aliphatic carbocycles. The summed E-state index contributed by atoms with van der Waals surface area (Å²) in [7, 11) is 0. The Hall–Kier alpha value is -0.890. The Morgan fingerprint density at radius 1 is 1.28 bits per heavy atom. The third-order valence-corrected chi connectivity index (χ3v) is 4.44. The summed E-state index contributed by atoms with van der Waals surface area (Å²) in [4.78, 5) is 0. The van der Waals surface area contributed by atoms with Crippen LogP contribution in [0.2, 0.25) is 0 Å². The van der Waals surface area contributed by atoms with Crippen molar-refractivity contribution in [3.05, 3.63) is 54.1 Å². The van der Waals surface area contributed by atoms with Crippen molar-refractivity contribution in [3.63, 3.8) is 0 Å². The van der Waals surface area contributed by atoms with Crippen LogP contribution in [0.3, 0.4) is 0 Å². The molecule has 0 N–H and O–H groups in total. The molecule has 2 atom stereocenters. The van der Waals surface area contributed by atoms with Gasteiger partial charge in [0.2, 0.25) is 0 Å². The number of hydrogen-bond donors (Lipinski definition) is 0. The summed E-state index contributed by atoms with van der Waals surface area (Å²) in [6.07, 6.45) is 7.70. The molecule has 0 amide bonds. The molecule has 1 aromatic rings. The fraction of sp³-hybridized carbons (Fsp3) is 0.375. The van der Waals surface area contributed by atoms with Crippen LogP contribution in [0, 0.1) is 0 Å². The maximum Gasteiger partial charge on any atom is 0.138 e. The van der Waals surface area contributed by atoms with Crippen LogP contribution < -0.4 is 0 Å². The van der Waals surface area contributed by atoms with Crippen LogP contribution in [0.4, 0.5) is 4.39 Å². The summed E-state index contributed by atoms with van der Waals surface area (Å²) in [6.45, 7) is 2.13. The lowest BCUT2D eigenvalue weighted by Crippen LogP contribution is -2.31. The molecule has 0 saturated heterocycles. The van der Waals surface area contributed by atoms with E-state index in [9.17, 15) is 4.39 Å². The van der Waals surface area contributed by atoms with Gasteiger partial charge in [0, 0.05) is 0 Å². The summed E-state index contributed by atoms with van der Waals surface area (Å²) in [5.74, 6) is 0. The van der Waals surface area contributed by atoms with Crippen molar-refractivity contribution in [2.75, 3.05) is 0 Å². The van der Waals surface area contributed by atoms with Crippen LogP contribution in [0.5, 0.6) is 0 Å². The Bertz CT molecular complexity index is 449. The van der Waals surface area contributed by atoms with E-state index in [1.165, 1.54) is 0 Å². The van der Waals surface area contributed by atoms with Gasteiger partial charge in [-0.25, -0.2) is 4.39 Å². The van der Waals surface area contributed by atoms with Crippen LogP contribution in [0.1, 0.15) is 31.7 Å². The molecular formula is C16H18BrF. The van der Waals surface area contributed by atoms with Crippen LogP contribution in [0.25, 0.3) is 5.57 Å². The van der Waals surface area contributed by atoms with Crippen molar-refractivity contribution < 1.29 is 4.39 Å². The first-order valence-corrected chi connectivity index (χ1v) is 7.24. The molecule has 0 heterocycles. The summed E-state index contributed by atoms with van der Waals surface area (Å²) in [5.41, 5.74) is 2.04. The van der Waals surface area contributed by atoms with Gasteiger partial charge in [0.05, 0.1) is 4.32 Å². The Kier molecular flexibility index (Phi) is 4.39. The second-order valence-corrected chi connectivity index (χ2v) is 6.23. The zero-order valence-corrected chi connectivity index (χ0v) is 12.2. The highest BCUT2D eigenvalue weighted by Gasteiger charge is 2.34. The molecule has 0 radical (unpaired) electrons. The van der Waals surface area contributed by atoms with E-state index in [1.807, 2.05) is 42.5 Å². The normalized spacial score (nSPS) is 27.1. The van der Waals surface area contributed by atoms with Crippen LogP contribution in [0.15, 0.2) is 48.6 Å². The number of hydrogen-bond acceptors (Lipinski definition) is 0. The van der Waals surface area contributed by atoms with Crippen LogP contribution >= 0.6 is 15.9 Å². The predicted octanol–water partition coefficient (Wildman–Crippen LogP) is 5.30. The number of halogens is 2. The molecule has 0 spiro atoms. The third-order valence-electron chi connectivity index (χ3n) is 3.34. The molecule has 0 saturated carbocycles. The lowest BCUT2D eigenvalue weighted by molar-refractivity contribution is 0.334. The molecule has 96 valence electrons. The molecule has 0 aromatic heterocycles. The minimum atomic E-state index is -0.968. The van der Waals surface area contributed by atoms with Gasteiger partial charge in [0.25, 0.3) is 0 Å². The van der Waals surface area contributed by atoms with Crippen LogP contribution in [-0.4, -0.2) is 10.5 Å². The average Bonchev–Trinajstić information content (AvgIpc) is 2.41. The largest absolute Gasteiger partial charge is 0.241 e. The number of alkyl halides is 2. The van der Waals surface area contributed by atoms with Gasteiger partial charge >= 0.3 is 0 Å². The monoisotopic (exact) mass is 308 g/mol. The highest BCUT2D eigenvalue weighted by atomic mass is 79.9. The fourth-order valence-corrected chi connectivity index (χ4v) is 2.71.